The highest BCUT2D eigenvalue weighted by molar-refractivity contribution is 7.14. The molecule has 0 saturated carbocycles. The number of carbonyl (C=O) groups is 1. The summed E-state index contributed by atoms with van der Waals surface area (Å²) in [6.45, 7) is 2.25. The molecule has 2 aromatic heterocycles. The van der Waals surface area contributed by atoms with Crippen molar-refractivity contribution in [2.75, 3.05) is 0 Å². The van der Waals surface area contributed by atoms with Gasteiger partial charge < -0.3 is 4.57 Å². The largest absolute Gasteiger partial charge is 0.327 e. The van der Waals surface area contributed by atoms with Gasteiger partial charge in [0.05, 0.1) is 4.88 Å². The molecular weight excluding hydrogens is 288 g/mol. The van der Waals surface area contributed by atoms with Crippen LogP contribution in [0.2, 0.25) is 0 Å². The summed E-state index contributed by atoms with van der Waals surface area (Å²) < 4.78 is 1.88. The van der Waals surface area contributed by atoms with Crippen molar-refractivity contribution < 1.29 is 4.79 Å². The molecule has 106 valence electrons. The normalized spacial score (nSPS) is 19.1. The second-order valence-electron chi connectivity index (χ2n) is 5.29. The highest BCUT2D eigenvalue weighted by atomic mass is 32.1. The molecule has 0 aromatic carbocycles. The van der Waals surface area contributed by atoms with Crippen LogP contribution >= 0.6 is 22.7 Å². The van der Waals surface area contributed by atoms with E-state index in [0.29, 0.717) is 0 Å². The zero-order chi connectivity index (χ0) is 14.1. The zero-order valence-corrected chi connectivity index (χ0v) is 13.4. The lowest BCUT2D eigenvalue weighted by Gasteiger charge is -2.19. The average molecular weight is 306 g/mol. The minimum atomic E-state index is -0.101. The van der Waals surface area contributed by atoms with Crippen molar-refractivity contribution in [2.45, 2.75) is 32.6 Å². The smallest absolute Gasteiger partial charge is 0.289 e. The molecule has 1 aliphatic rings. The van der Waals surface area contributed by atoms with Gasteiger partial charge in [-0.25, -0.2) is 0 Å². The van der Waals surface area contributed by atoms with Crippen LogP contribution < -0.4 is 4.80 Å². The van der Waals surface area contributed by atoms with Crippen LogP contribution in [0.4, 0.5) is 0 Å². The van der Waals surface area contributed by atoms with Crippen LogP contribution in [0.25, 0.3) is 0 Å². The van der Waals surface area contributed by atoms with Gasteiger partial charge in [0.2, 0.25) is 0 Å². The minimum Gasteiger partial charge on any atom is -0.327 e. The van der Waals surface area contributed by atoms with Crippen LogP contribution in [0.1, 0.15) is 39.9 Å². The van der Waals surface area contributed by atoms with E-state index < -0.39 is 0 Å². The number of rotatable bonds is 2. The summed E-state index contributed by atoms with van der Waals surface area (Å²) in [5.41, 5.74) is 1.38. The molecule has 3 rings (SSSR count). The molecule has 0 spiro atoms. The molecule has 0 N–H and O–H groups in total. The lowest BCUT2D eigenvalue weighted by atomic mass is 9.87. The number of carbonyl (C=O) groups excluding carboxylic acids is 1. The van der Waals surface area contributed by atoms with Crippen LogP contribution in [0.15, 0.2) is 22.6 Å². The predicted octanol–water partition coefficient (Wildman–Crippen LogP) is 3.40. The molecule has 0 unspecified atom stereocenters. The summed E-state index contributed by atoms with van der Waals surface area (Å²) in [5.74, 6) is 0.683. The fraction of sp³-hybridized carbons (Fsp3) is 0.467. The van der Waals surface area contributed by atoms with Crippen molar-refractivity contribution in [2.24, 2.45) is 18.0 Å². The maximum atomic E-state index is 12.3. The summed E-state index contributed by atoms with van der Waals surface area (Å²) >= 11 is 3.13. The minimum absolute atomic E-state index is 0.101. The molecule has 5 heteroatoms. The Morgan fingerprint density at radius 2 is 2.40 bits per heavy atom. The van der Waals surface area contributed by atoms with Crippen LogP contribution in [0.3, 0.4) is 0 Å². The monoisotopic (exact) mass is 306 g/mol. The van der Waals surface area contributed by atoms with Crippen molar-refractivity contribution in [1.82, 2.24) is 4.57 Å². The highest BCUT2D eigenvalue weighted by Crippen LogP contribution is 2.33. The van der Waals surface area contributed by atoms with Gasteiger partial charge in [-0.15, -0.1) is 22.7 Å². The summed E-state index contributed by atoms with van der Waals surface area (Å²) in [6, 6.07) is 2.07. The number of thiophene rings is 1. The quantitative estimate of drug-likeness (QED) is 0.837. The van der Waals surface area contributed by atoms with Crippen LogP contribution in [-0.4, -0.2) is 10.5 Å². The van der Waals surface area contributed by atoms with Crippen molar-refractivity contribution >= 4 is 28.6 Å². The van der Waals surface area contributed by atoms with Crippen molar-refractivity contribution in [1.29, 1.82) is 0 Å². The fourth-order valence-electron chi connectivity index (χ4n) is 2.63. The Morgan fingerprint density at radius 3 is 3.10 bits per heavy atom. The first-order chi connectivity index (χ1) is 9.67. The molecule has 2 heterocycles. The van der Waals surface area contributed by atoms with E-state index in [0.717, 1.165) is 28.4 Å². The maximum Gasteiger partial charge on any atom is 0.289 e. The first-order valence-electron chi connectivity index (χ1n) is 6.98. The molecule has 1 aliphatic carbocycles. The van der Waals surface area contributed by atoms with E-state index in [4.69, 9.17) is 0 Å². The van der Waals surface area contributed by atoms with Crippen molar-refractivity contribution in [3.63, 3.8) is 0 Å². The number of thiazole rings is 1. The summed E-state index contributed by atoms with van der Waals surface area (Å²) in [6.07, 6.45) is 6.66. The van der Waals surface area contributed by atoms with Crippen molar-refractivity contribution in [3.05, 3.63) is 37.8 Å². The first kappa shape index (κ1) is 13.8. The molecular formula is C15H18N2OS2. The zero-order valence-electron chi connectivity index (χ0n) is 11.8. The molecule has 0 bridgehead atoms. The van der Waals surface area contributed by atoms with E-state index in [1.54, 1.807) is 11.3 Å². The number of hydrogen-bond acceptors (Lipinski definition) is 3. The van der Waals surface area contributed by atoms with Gasteiger partial charge in [-0.1, -0.05) is 13.3 Å². The number of aryl methyl sites for hydroxylation is 2. The first-order valence-corrected chi connectivity index (χ1v) is 8.67. The second kappa shape index (κ2) is 5.66. The molecule has 0 fully saturated rings. The van der Waals surface area contributed by atoms with Gasteiger partial charge in [0.1, 0.15) is 0 Å². The van der Waals surface area contributed by atoms with E-state index in [-0.39, 0.29) is 5.91 Å². The van der Waals surface area contributed by atoms with Gasteiger partial charge in [0.25, 0.3) is 5.91 Å². The Bertz CT molecular complexity index is 693. The predicted molar refractivity (Wildman–Crippen MR) is 83.3 cm³/mol. The van der Waals surface area contributed by atoms with Gasteiger partial charge in [-0.05, 0) is 36.8 Å². The molecule has 0 saturated heterocycles. The number of hydrogen-bond donors (Lipinski definition) is 0. The Balaban J connectivity index is 1.88. The number of amides is 1. The molecule has 1 atom stereocenters. The topological polar surface area (TPSA) is 34.4 Å². The number of nitrogens with zero attached hydrogens (tertiary/aromatic N) is 2. The summed E-state index contributed by atoms with van der Waals surface area (Å²) in [4.78, 5) is 19.4. The van der Waals surface area contributed by atoms with Gasteiger partial charge >= 0.3 is 0 Å². The number of fused-ring (bicyclic) bond motifs is 1. The Labute approximate surface area is 126 Å². The lowest BCUT2D eigenvalue weighted by Crippen LogP contribution is -2.12. The summed E-state index contributed by atoms with van der Waals surface area (Å²) in [7, 11) is 1.91. The lowest BCUT2D eigenvalue weighted by molar-refractivity contribution is 0.100. The van der Waals surface area contributed by atoms with E-state index in [2.05, 4.69) is 18.0 Å². The van der Waals surface area contributed by atoms with Gasteiger partial charge in [0, 0.05) is 23.5 Å². The van der Waals surface area contributed by atoms with Gasteiger partial charge in [-0.2, -0.15) is 4.99 Å². The van der Waals surface area contributed by atoms with Crippen molar-refractivity contribution in [3.8, 4) is 0 Å². The van der Waals surface area contributed by atoms with Crippen LogP contribution in [0.5, 0.6) is 0 Å². The molecule has 20 heavy (non-hydrogen) atoms. The van der Waals surface area contributed by atoms with Gasteiger partial charge in [-0.3, -0.25) is 4.79 Å². The van der Waals surface area contributed by atoms with Crippen LogP contribution in [-0.2, 0) is 19.9 Å². The Kier molecular flexibility index (Phi) is 3.89. The second-order valence-corrected chi connectivity index (χ2v) is 7.30. The van der Waals surface area contributed by atoms with E-state index in [1.165, 1.54) is 34.6 Å². The molecule has 0 radical (unpaired) electrons. The third kappa shape index (κ3) is 2.65. The van der Waals surface area contributed by atoms with E-state index >= 15 is 0 Å². The standard InChI is InChI=1S/C15H18N2OS2/c1-3-10-4-5-12-11(8-10)9-13(20-12)14(18)16-15-17(2)6-7-19-15/h6-7,9-10H,3-5,8H2,1-2H3/t10-/m1/s1. The SMILES string of the molecule is CC[C@@H]1CCc2sc(C(=O)N=c3sccn3C)cc2C1. The molecule has 0 aliphatic heterocycles. The molecule has 2 aromatic rings. The molecule has 3 nitrogen and oxygen atoms in total. The maximum absolute atomic E-state index is 12.3. The van der Waals surface area contributed by atoms with E-state index in [1.807, 2.05) is 23.2 Å². The van der Waals surface area contributed by atoms with E-state index in [9.17, 15) is 4.79 Å². The van der Waals surface area contributed by atoms with Gasteiger partial charge in [0.15, 0.2) is 4.80 Å². The number of aromatic nitrogens is 1. The Morgan fingerprint density at radius 1 is 1.55 bits per heavy atom. The Hall–Kier alpha value is -1.20. The highest BCUT2D eigenvalue weighted by Gasteiger charge is 2.21. The third-order valence-corrected chi connectivity index (χ3v) is 6.00. The summed E-state index contributed by atoms with van der Waals surface area (Å²) in [5, 5.41) is 1.94. The third-order valence-electron chi connectivity index (χ3n) is 3.93. The molecule has 1 amide bonds. The average Bonchev–Trinajstić information content (AvgIpc) is 3.04. The fourth-order valence-corrected chi connectivity index (χ4v) is 4.45. The van der Waals surface area contributed by atoms with Crippen LogP contribution in [0, 0.1) is 5.92 Å².